The Hall–Kier alpha value is -5.78. The summed E-state index contributed by atoms with van der Waals surface area (Å²) in [5.74, 6) is 4.63. The highest BCUT2D eigenvalue weighted by molar-refractivity contribution is 6.74. The van der Waals surface area contributed by atoms with Gasteiger partial charge in [-0.05, 0) is 162 Å². The Bertz CT molecular complexity index is 2960. The van der Waals surface area contributed by atoms with E-state index in [1.165, 1.54) is 87.7 Å². The van der Waals surface area contributed by atoms with Gasteiger partial charge in [-0.1, -0.05) is 178 Å². The topological polar surface area (TPSA) is 36.9 Å². The highest BCUT2D eigenvalue weighted by atomic mass is 28.4. The highest BCUT2D eigenvalue weighted by Gasteiger charge is 2.39. The zero-order valence-electron chi connectivity index (χ0n) is 42.3. The van der Waals surface area contributed by atoms with E-state index in [0.29, 0.717) is 31.7 Å². The van der Waals surface area contributed by atoms with E-state index < -0.39 is 8.32 Å². The van der Waals surface area contributed by atoms with Gasteiger partial charge in [-0.25, -0.2) is 0 Å². The van der Waals surface area contributed by atoms with Gasteiger partial charge >= 0.3 is 0 Å². The molecule has 4 nitrogen and oxygen atoms in total. The van der Waals surface area contributed by atoms with Gasteiger partial charge in [-0.2, -0.15) is 0 Å². The third-order valence-corrected chi connectivity index (χ3v) is 19.1. The minimum atomic E-state index is -2.06. The van der Waals surface area contributed by atoms with Crippen LogP contribution >= 0.6 is 0 Å². The van der Waals surface area contributed by atoms with E-state index in [1.807, 2.05) is 6.07 Å². The predicted molar refractivity (Wildman–Crippen MR) is 294 cm³/mol. The Morgan fingerprint density at radius 2 is 0.912 bits per heavy atom. The van der Waals surface area contributed by atoms with Crippen LogP contribution in [-0.2, 0) is 6.61 Å². The fourth-order valence-corrected chi connectivity index (χ4v) is 10.5. The fraction of sp³-hybridized carbons (Fsp3) is 0.365. The molecule has 354 valence electrons. The van der Waals surface area contributed by atoms with E-state index in [9.17, 15) is 0 Å². The van der Waals surface area contributed by atoms with Crippen LogP contribution in [0, 0.1) is 11.8 Å². The molecule has 68 heavy (non-hydrogen) atoms. The molecule has 0 spiro atoms. The standard InChI is InChI=1S/C63H74O4Si/c1-10-14-21-44(12-3)41-64-50-31-36-58-59(39-50)61(55-27-19-25-47-37-49(29-33-53(47)55)66-43-46-23-17-16-18-24-46)57-35-30-51(65-42-45(13-4)22-15-11-2)40-60(57)62(58)56-28-20-26-48-38-52(32-34-54(48)56)67-68(8,9)63(5,6)7/h16-20,23-40,44-45H,10-15,21-22,41-43H2,1-9H3. The first-order chi connectivity index (χ1) is 32.9. The van der Waals surface area contributed by atoms with Crippen LogP contribution in [0.1, 0.15) is 105 Å². The van der Waals surface area contributed by atoms with E-state index >= 15 is 0 Å². The number of hydrogen-bond acceptors (Lipinski definition) is 4. The number of fused-ring (bicyclic) bond motifs is 4. The largest absolute Gasteiger partial charge is 0.543 e. The smallest absolute Gasteiger partial charge is 0.250 e. The number of hydrogen-bond donors (Lipinski definition) is 0. The summed E-state index contributed by atoms with van der Waals surface area (Å²) in [6.07, 6.45) is 9.40. The van der Waals surface area contributed by atoms with Crippen molar-refractivity contribution in [1.29, 1.82) is 0 Å². The number of benzene rings is 8. The molecule has 0 N–H and O–H groups in total. The van der Waals surface area contributed by atoms with Gasteiger partial charge in [-0.15, -0.1) is 0 Å². The first-order valence-corrected chi connectivity index (χ1v) is 28.5. The maximum Gasteiger partial charge on any atom is 0.250 e. The van der Waals surface area contributed by atoms with Crippen LogP contribution in [0.3, 0.4) is 0 Å². The molecule has 8 aromatic carbocycles. The van der Waals surface area contributed by atoms with Gasteiger partial charge in [0.15, 0.2) is 0 Å². The molecule has 2 atom stereocenters. The number of rotatable bonds is 21. The molecular formula is C63H74O4Si. The van der Waals surface area contributed by atoms with Crippen molar-refractivity contribution < 1.29 is 18.6 Å². The quantitative estimate of drug-likeness (QED) is 0.0531. The molecule has 0 aliphatic rings. The van der Waals surface area contributed by atoms with E-state index in [2.05, 4.69) is 195 Å². The van der Waals surface area contributed by atoms with Crippen molar-refractivity contribution in [3.63, 3.8) is 0 Å². The van der Waals surface area contributed by atoms with Gasteiger partial charge in [0, 0.05) is 0 Å². The van der Waals surface area contributed by atoms with Crippen LogP contribution in [0.15, 0.2) is 140 Å². The summed E-state index contributed by atoms with van der Waals surface area (Å²) in [6.45, 7) is 22.6. The average Bonchev–Trinajstić information content (AvgIpc) is 3.34. The molecule has 8 rings (SSSR count). The third-order valence-electron chi connectivity index (χ3n) is 14.8. The van der Waals surface area contributed by atoms with Crippen LogP contribution in [0.2, 0.25) is 18.1 Å². The van der Waals surface area contributed by atoms with E-state index in [4.69, 9.17) is 18.6 Å². The first kappa shape index (κ1) is 48.7. The molecule has 0 heterocycles. The second-order valence-corrected chi connectivity index (χ2v) is 25.4. The van der Waals surface area contributed by atoms with Crippen molar-refractivity contribution in [2.45, 2.75) is 125 Å². The van der Waals surface area contributed by atoms with Crippen molar-refractivity contribution in [2.75, 3.05) is 13.2 Å². The maximum absolute atomic E-state index is 6.88. The summed E-state index contributed by atoms with van der Waals surface area (Å²) in [5, 5.41) is 9.44. The highest BCUT2D eigenvalue weighted by Crippen LogP contribution is 2.49. The minimum Gasteiger partial charge on any atom is -0.543 e. The second kappa shape index (κ2) is 21.7. The lowest BCUT2D eigenvalue weighted by Crippen LogP contribution is -2.43. The molecule has 2 unspecified atom stereocenters. The van der Waals surface area contributed by atoms with Crippen molar-refractivity contribution in [2.24, 2.45) is 11.8 Å². The molecule has 8 aromatic rings. The fourth-order valence-electron chi connectivity index (χ4n) is 9.47. The molecule has 0 radical (unpaired) electrons. The zero-order chi connectivity index (χ0) is 47.8. The summed E-state index contributed by atoms with van der Waals surface area (Å²) in [4.78, 5) is 0. The van der Waals surface area contributed by atoms with Crippen molar-refractivity contribution in [3.8, 4) is 45.3 Å². The molecule has 0 fully saturated rings. The Morgan fingerprint density at radius 1 is 0.456 bits per heavy atom. The predicted octanol–water partition coefficient (Wildman–Crippen LogP) is 18.8. The molecule has 0 bridgehead atoms. The monoisotopic (exact) mass is 923 g/mol. The Labute approximate surface area is 408 Å². The van der Waals surface area contributed by atoms with Crippen LogP contribution in [-0.4, -0.2) is 21.5 Å². The van der Waals surface area contributed by atoms with Crippen LogP contribution in [0.4, 0.5) is 0 Å². The van der Waals surface area contributed by atoms with Crippen LogP contribution in [0.25, 0.3) is 65.3 Å². The minimum absolute atomic E-state index is 0.0916. The van der Waals surface area contributed by atoms with Crippen molar-refractivity contribution >= 4 is 51.4 Å². The second-order valence-electron chi connectivity index (χ2n) is 20.6. The summed E-state index contributed by atoms with van der Waals surface area (Å²) in [6, 6.07) is 50.7. The molecule has 0 saturated heterocycles. The van der Waals surface area contributed by atoms with Crippen molar-refractivity contribution in [1.82, 2.24) is 0 Å². The molecular weight excluding hydrogens is 849 g/mol. The van der Waals surface area contributed by atoms with Crippen LogP contribution < -0.4 is 18.6 Å². The normalized spacial score (nSPS) is 13.0. The SMILES string of the molecule is CCCCC(CC)COc1ccc2c(-c3cccc4cc(O[Si](C)(C)C(C)(C)C)ccc34)c3cc(OCC(CC)CCCC)ccc3c(-c3cccc4cc(OCc5ccccc5)ccc34)c2c1. The molecule has 5 heteroatoms. The van der Waals surface area contributed by atoms with E-state index in [1.54, 1.807) is 0 Å². The lowest BCUT2D eigenvalue weighted by molar-refractivity contribution is 0.233. The van der Waals surface area contributed by atoms with Gasteiger partial charge in [0.25, 0.3) is 0 Å². The van der Waals surface area contributed by atoms with Gasteiger partial charge in [0.2, 0.25) is 8.32 Å². The summed E-state index contributed by atoms with van der Waals surface area (Å²) >= 11 is 0. The molecule has 0 saturated carbocycles. The van der Waals surface area contributed by atoms with Gasteiger partial charge in [0.1, 0.15) is 29.6 Å². The summed E-state index contributed by atoms with van der Waals surface area (Å²) in [5.41, 5.74) is 5.90. The van der Waals surface area contributed by atoms with Crippen molar-refractivity contribution in [3.05, 3.63) is 145 Å². The average molecular weight is 923 g/mol. The van der Waals surface area contributed by atoms with Gasteiger partial charge < -0.3 is 18.6 Å². The molecule has 0 aromatic heterocycles. The zero-order valence-corrected chi connectivity index (χ0v) is 43.3. The Morgan fingerprint density at radius 3 is 1.38 bits per heavy atom. The van der Waals surface area contributed by atoms with Gasteiger partial charge in [0.05, 0.1) is 13.2 Å². The Balaban J connectivity index is 1.35. The maximum atomic E-state index is 6.88. The lowest BCUT2D eigenvalue weighted by Gasteiger charge is -2.36. The first-order valence-electron chi connectivity index (χ1n) is 25.6. The summed E-state index contributed by atoms with van der Waals surface area (Å²) < 4.78 is 26.8. The van der Waals surface area contributed by atoms with Gasteiger partial charge in [-0.3, -0.25) is 0 Å². The Kier molecular flexibility index (Phi) is 15.5. The lowest BCUT2D eigenvalue weighted by atomic mass is 9.83. The number of unbranched alkanes of at least 4 members (excludes halogenated alkanes) is 2. The molecule has 0 amide bonds. The summed E-state index contributed by atoms with van der Waals surface area (Å²) in [7, 11) is -2.06. The van der Waals surface area contributed by atoms with E-state index in [-0.39, 0.29) is 5.04 Å². The third kappa shape index (κ3) is 10.9. The molecule has 0 aliphatic heterocycles. The van der Waals surface area contributed by atoms with E-state index in [0.717, 1.165) is 57.6 Å². The molecule has 0 aliphatic carbocycles. The number of ether oxygens (including phenoxy) is 3. The van der Waals surface area contributed by atoms with Crippen LogP contribution in [0.5, 0.6) is 23.0 Å².